The first-order valence-electron chi connectivity index (χ1n) is 5.90. The van der Waals surface area contributed by atoms with Gasteiger partial charge in [-0.2, -0.15) is 0 Å². The molecule has 0 spiro atoms. The molecular weight excluding hydrogens is 176 g/mol. The smallest absolute Gasteiger partial charge is 0.0543 e. The minimum Gasteiger partial charge on any atom is -0.393 e. The van der Waals surface area contributed by atoms with E-state index in [4.69, 9.17) is 0 Å². The standard InChI is InChI=1S/C12H26O2/c1-5-7-11(9(3)13)12(8-6-2)10(4)14/h9-14H,5-8H2,1-4H3. The fourth-order valence-corrected chi connectivity index (χ4v) is 2.29. The van der Waals surface area contributed by atoms with Gasteiger partial charge in [0.2, 0.25) is 0 Å². The van der Waals surface area contributed by atoms with Crippen LogP contribution in [-0.2, 0) is 0 Å². The van der Waals surface area contributed by atoms with Crippen LogP contribution in [0.2, 0.25) is 0 Å². The second kappa shape index (κ2) is 7.24. The van der Waals surface area contributed by atoms with E-state index in [2.05, 4.69) is 13.8 Å². The Bertz CT molecular complexity index is 116. The normalized spacial score (nSPS) is 20.1. The van der Waals surface area contributed by atoms with Gasteiger partial charge in [0, 0.05) is 0 Å². The van der Waals surface area contributed by atoms with Crippen molar-refractivity contribution in [3.05, 3.63) is 0 Å². The third-order valence-corrected chi connectivity index (χ3v) is 3.03. The van der Waals surface area contributed by atoms with Gasteiger partial charge in [-0.15, -0.1) is 0 Å². The largest absolute Gasteiger partial charge is 0.393 e. The van der Waals surface area contributed by atoms with Crippen LogP contribution in [0.15, 0.2) is 0 Å². The van der Waals surface area contributed by atoms with Gasteiger partial charge in [0.1, 0.15) is 0 Å². The Kier molecular flexibility index (Phi) is 7.20. The average molecular weight is 202 g/mol. The summed E-state index contributed by atoms with van der Waals surface area (Å²) in [7, 11) is 0. The van der Waals surface area contributed by atoms with Gasteiger partial charge in [-0.05, 0) is 38.5 Å². The van der Waals surface area contributed by atoms with Crippen LogP contribution in [0.5, 0.6) is 0 Å². The van der Waals surface area contributed by atoms with Gasteiger partial charge in [-0.3, -0.25) is 0 Å². The quantitative estimate of drug-likeness (QED) is 0.666. The monoisotopic (exact) mass is 202 g/mol. The maximum Gasteiger partial charge on any atom is 0.0543 e. The molecule has 0 aliphatic heterocycles. The van der Waals surface area contributed by atoms with Crippen LogP contribution in [0.25, 0.3) is 0 Å². The lowest BCUT2D eigenvalue weighted by Gasteiger charge is -2.31. The van der Waals surface area contributed by atoms with E-state index in [9.17, 15) is 10.2 Å². The zero-order valence-corrected chi connectivity index (χ0v) is 10.0. The van der Waals surface area contributed by atoms with Crippen molar-refractivity contribution in [2.75, 3.05) is 0 Å². The molecule has 4 atom stereocenters. The highest BCUT2D eigenvalue weighted by Gasteiger charge is 2.27. The lowest BCUT2D eigenvalue weighted by Crippen LogP contribution is -2.32. The fourth-order valence-electron chi connectivity index (χ4n) is 2.29. The first-order chi connectivity index (χ1) is 6.54. The maximum atomic E-state index is 9.68. The average Bonchev–Trinajstić information content (AvgIpc) is 2.10. The predicted octanol–water partition coefficient (Wildman–Crippen LogP) is 2.58. The Hall–Kier alpha value is -0.0800. The van der Waals surface area contributed by atoms with E-state index in [1.807, 2.05) is 13.8 Å². The zero-order valence-electron chi connectivity index (χ0n) is 10.0. The molecule has 2 nitrogen and oxygen atoms in total. The molecule has 0 saturated carbocycles. The highest BCUT2D eigenvalue weighted by Crippen LogP contribution is 2.28. The van der Waals surface area contributed by atoms with Crippen LogP contribution in [0.3, 0.4) is 0 Å². The SMILES string of the molecule is CCCC(C(C)O)C(CCC)C(C)O. The van der Waals surface area contributed by atoms with Crippen LogP contribution in [-0.4, -0.2) is 22.4 Å². The predicted molar refractivity (Wildman–Crippen MR) is 60.2 cm³/mol. The summed E-state index contributed by atoms with van der Waals surface area (Å²) in [4.78, 5) is 0. The molecule has 0 aliphatic carbocycles. The Morgan fingerprint density at radius 3 is 1.21 bits per heavy atom. The third kappa shape index (κ3) is 4.43. The molecule has 0 rings (SSSR count). The first-order valence-corrected chi connectivity index (χ1v) is 5.90. The molecule has 0 fully saturated rings. The zero-order chi connectivity index (χ0) is 11.1. The molecule has 2 N–H and O–H groups in total. The minimum absolute atomic E-state index is 0.250. The van der Waals surface area contributed by atoms with Gasteiger partial charge in [0.15, 0.2) is 0 Å². The van der Waals surface area contributed by atoms with Crippen molar-refractivity contribution in [1.29, 1.82) is 0 Å². The Labute approximate surface area is 88.3 Å². The van der Waals surface area contributed by atoms with Crippen molar-refractivity contribution < 1.29 is 10.2 Å². The van der Waals surface area contributed by atoms with E-state index >= 15 is 0 Å². The lowest BCUT2D eigenvalue weighted by molar-refractivity contribution is 0.0138. The maximum absolute atomic E-state index is 9.68. The van der Waals surface area contributed by atoms with Crippen LogP contribution in [0.1, 0.15) is 53.4 Å². The van der Waals surface area contributed by atoms with Gasteiger partial charge in [0.05, 0.1) is 12.2 Å². The van der Waals surface area contributed by atoms with E-state index in [0.717, 1.165) is 25.7 Å². The molecule has 0 radical (unpaired) electrons. The topological polar surface area (TPSA) is 40.5 Å². The summed E-state index contributed by atoms with van der Waals surface area (Å²) >= 11 is 0. The first kappa shape index (κ1) is 13.9. The molecule has 0 bridgehead atoms. The Morgan fingerprint density at radius 2 is 1.07 bits per heavy atom. The Balaban J connectivity index is 4.37. The summed E-state index contributed by atoms with van der Waals surface area (Å²) in [5.41, 5.74) is 0. The van der Waals surface area contributed by atoms with Gasteiger partial charge in [0.25, 0.3) is 0 Å². The molecule has 14 heavy (non-hydrogen) atoms. The van der Waals surface area contributed by atoms with Crippen molar-refractivity contribution >= 4 is 0 Å². The third-order valence-electron chi connectivity index (χ3n) is 3.03. The summed E-state index contributed by atoms with van der Waals surface area (Å²) in [6.45, 7) is 7.93. The second-order valence-electron chi connectivity index (χ2n) is 4.39. The molecule has 0 heterocycles. The van der Waals surface area contributed by atoms with E-state index in [0.29, 0.717) is 0 Å². The minimum atomic E-state index is -0.305. The summed E-state index contributed by atoms with van der Waals surface area (Å²) in [6, 6.07) is 0. The van der Waals surface area contributed by atoms with Crippen molar-refractivity contribution in [3.63, 3.8) is 0 Å². The summed E-state index contributed by atoms with van der Waals surface area (Å²) in [5.74, 6) is 0.500. The molecule has 0 aromatic rings. The van der Waals surface area contributed by atoms with E-state index in [-0.39, 0.29) is 24.0 Å². The molecule has 0 aromatic carbocycles. The summed E-state index contributed by atoms with van der Waals surface area (Å²) in [6.07, 6.45) is 3.55. The van der Waals surface area contributed by atoms with E-state index in [1.165, 1.54) is 0 Å². The summed E-state index contributed by atoms with van der Waals surface area (Å²) in [5, 5.41) is 19.4. The highest BCUT2D eigenvalue weighted by atomic mass is 16.3. The number of hydrogen-bond acceptors (Lipinski definition) is 2. The van der Waals surface area contributed by atoms with Crippen molar-refractivity contribution in [3.8, 4) is 0 Å². The number of aliphatic hydroxyl groups excluding tert-OH is 2. The van der Waals surface area contributed by atoms with Gasteiger partial charge >= 0.3 is 0 Å². The molecule has 86 valence electrons. The van der Waals surface area contributed by atoms with Gasteiger partial charge in [-0.25, -0.2) is 0 Å². The van der Waals surface area contributed by atoms with Crippen LogP contribution in [0, 0.1) is 11.8 Å². The molecule has 2 heteroatoms. The Morgan fingerprint density at radius 1 is 0.786 bits per heavy atom. The van der Waals surface area contributed by atoms with Crippen molar-refractivity contribution in [1.82, 2.24) is 0 Å². The fraction of sp³-hybridized carbons (Fsp3) is 1.00. The number of hydrogen-bond donors (Lipinski definition) is 2. The van der Waals surface area contributed by atoms with Crippen LogP contribution < -0.4 is 0 Å². The number of rotatable bonds is 7. The van der Waals surface area contributed by atoms with Crippen LogP contribution in [0.4, 0.5) is 0 Å². The summed E-state index contributed by atoms with van der Waals surface area (Å²) < 4.78 is 0. The van der Waals surface area contributed by atoms with Gasteiger partial charge in [-0.1, -0.05) is 26.7 Å². The van der Waals surface area contributed by atoms with Crippen molar-refractivity contribution in [2.45, 2.75) is 65.6 Å². The second-order valence-corrected chi connectivity index (χ2v) is 4.39. The van der Waals surface area contributed by atoms with Gasteiger partial charge < -0.3 is 10.2 Å². The van der Waals surface area contributed by atoms with E-state index in [1.54, 1.807) is 0 Å². The van der Waals surface area contributed by atoms with Crippen molar-refractivity contribution in [2.24, 2.45) is 11.8 Å². The lowest BCUT2D eigenvalue weighted by atomic mass is 9.79. The molecule has 0 aliphatic rings. The highest BCUT2D eigenvalue weighted by molar-refractivity contribution is 4.77. The molecule has 0 aromatic heterocycles. The molecule has 0 saturated heterocycles. The molecule has 4 unspecified atom stereocenters. The number of aliphatic hydroxyl groups is 2. The van der Waals surface area contributed by atoms with Crippen LogP contribution >= 0.6 is 0 Å². The van der Waals surface area contributed by atoms with E-state index < -0.39 is 0 Å². The molecular formula is C12H26O2. The molecule has 0 amide bonds.